The molecule has 1 unspecified atom stereocenters. The number of amides is 6. The lowest BCUT2D eigenvalue weighted by Gasteiger charge is -2.31. The molecule has 0 bridgehead atoms. The van der Waals surface area contributed by atoms with Gasteiger partial charge in [-0.3, -0.25) is 38.4 Å². The summed E-state index contributed by atoms with van der Waals surface area (Å²) in [7, 11) is 4.67. The third kappa shape index (κ3) is 17.2. The van der Waals surface area contributed by atoms with Crippen molar-refractivity contribution >= 4 is 69.9 Å². The highest BCUT2D eigenvalue weighted by atomic mass is 16.6. The summed E-state index contributed by atoms with van der Waals surface area (Å²) in [6.07, 6.45) is 5.50. The van der Waals surface area contributed by atoms with Crippen LogP contribution in [0.1, 0.15) is 164 Å². The van der Waals surface area contributed by atoms with E-state index in [0.717, 1.165) is 64.2 Å². The van der Waals surface area contributed by atoms with Crippen molar-refractivity contribution in [2.24, 2.45) is 17.3 Å². The number of carbonyl (C=O) groups is 9. The van der Waals surface area contributed by atoms with E-state index in [1.165, 1.54) is 7.11 Å². The van der Waals surface area contributed by atoms with Gasteiger partial charge < -0.3 is 58.9 Å². The minimum atomic E-state index is -1.46. The van der Waals surface area contributed by atoms with Gasteiger partial charge in [0.1, 0.15) is 18.1 Å². The molecular weight excluding hydrogens is 1340 g/mol. The van der Waals surface area contributed by atoms with E-state index in [0.29, 0.717) is 91.2 Å². The number of Topliss-reactive ketones (excluding diaryl/α,β-unsaturated/α-hetero) is 3. The minimum absolute atomic E-state index is 0.0384. The summed E-state index contributed by atoms with van der Waals surface area (Å²) in [6.45, 7) is 5.92. The summed E-state index contributed by atoms with van der Waals surface area (Å²) in [4.78, 5) is 129. The van der Waals surface area contributed by atoms with Crippen LogP contribution < -0.4 is 44.1 Å². The molecule has 2 fully saturated rings. The van der Waals surface area contributed by atoms with E-state index < -0.39 is 47.9 Å². The molecule has 1 saturated carbocycles. The Kier molecular flexibility index (Phi) is 23.2. The molecule has 1 saturated heterocycles. The molecular formula is C83H90N6O16. The Morgan fingerprint density at radius 1 is 0.676 bits per heavy atom. The fourth-order valence-corrected chi connectivity index (χ4v) is 14.5. The molecule has 5 aliphatic heterocycles. The van der Waals surface area contributed by atoms with Crippen LogP contribution in [0.25, 0.3) is 5.57 Å². The van der Waals surface area contributed by atoms with Gasteiger partial charge in [0.2, 0.25) is 17.7 Å². The number of anilines is 2. The first-order valence-corrected chi connectivity index (χ1v) is 36.2. The van der Waals surface area contributed by atoms with Crippen LogP contribution in [0.4, 0.5) is 16.2 Å². The van der Waals surface area contributed by atoms with Crippen molar-refractivity contribution in [2.75, 3.05) is 57.4 Å². The molecule has 0 radical (unpaired) electrons. The standard InChI is InChI=1S/C83H90N6O16/c1-51(2)65(41-63(91)46-84-76(93)32-28-62(90)29-33-77(94)87-47-59-16-9-8-14-55(59)22-23-57-15-10-11-17-68(57)87)78(95)85-52(3)71(92)38-53-18-20-54(21-19-53)49-105-82(99)89-69-44-75(73(102-6)43-67(69)80(97)88-50-83(34-35-83)45-70(88)81(89)98)104-37-13-7-12-36-103-74-40-58-24-27-61-39-60(56-25-30-64(100-4)31-26-56)48-86(61)79(96)66(58)42-72(74)101-5/h8-11,14-21,25-26,30-31,40,42-44,48,51-52,61,65,70,81,98H,7,12-13,24,27-29,32-39,41,45-47,49-50H2,1-6H3,(H,84,93)(H,85,95)/t52-,61+,65-,70-,81?/m0/s1. The number of rotatable bonds is 30. The van der Waals surface area contributed by atoms with Crippen LogP contribution in [0, 0.1) is 29.1 Å². The fourth-order valence-electron chi connectivity index (χ4n) is 14.5. The number of carbonyl (C=O) groups excluding carboxylic acids is 9. The molecule has 548 valence electrons. The molecule has 6 aliphatic rings. The highest BCUT2D eigenvalue weighted by Crippen LogP contribution is 2.57. The van der Waals surface area contributed by atoms with E-state index in [2.05, 4.69) is 22.5 Å². The molecule has 0 aromatic heterocycles. The van der Waals surface area contributed by atoms with E-state index in [9.17, 15) is 48.3 Å². The molecule has 22 heteroatoms. The van der Waals surface area contributed by atoms with Crippen molar-refractivity contribution in [3.63, 3.8) is 0 Å². The number of aliphatic hydroxyl groups is 1. The van der Waals surface area contributed by atoms with E-state index in [1.807, 2.05) is 90.0 Å². The van der Waals surface area contributed by atoms with Crippen molar-refractivity contribution in [3.8, 4) is 40.6 Å². The largest absolute Gasteiger partial charge is 0.497 e. The number of benzene rings is 6. The van der Waals surface area contributed by atoms with Crippen molar-refractivity contribution in [1.82, 2.24) is 20.4 Å². The third-order valence-corrected chi connectivity index (χ3v) is 21.0. The smallest absolute Gasteiger partial charge is 0.416 e. The molecule has 105 heavy (non-hydrogen) atoms. The first kappa shape index (κ1) is 73.9. The monoisotopic (exact) mass is 1430 g/mol. The Balaban J connectivity index is 0.591. The number of ether oxygens (including phenoxy) is 6. The van der Waals surface area contributed by atoms with Crippen LogP contribution in [0.3, 0.4) is 0 Å². The number of aliphatic hydroxyl groups excluding tert-OH is 1. The highest BCUT2D eigenvalue weighted by molar-refractivity contribution is 6.06. The number of methoxy groups -OCH3 is 3. The summed E-state index contributed by atoms with van der Waals surface area (Å²) >= 11 is 0. The van der Waals surface area contributed by atoms with Crippen LogP contribution in [0.15, 0.2) is 128 Å². The number of hydrogen-bond acceptors (Lipinski definition) is 16. The molecule has 3 N–H and O–H groups in total. The fraction of sp³-hybridized carbons (Fsp3) is 0.410. The van der Waals surface area contributed by atoms with Crippen molar-refractivity contribution < 1.29 is 76.7 Å². The second-order valence-electron chi connectivity index (χ2n) is 28.5. The number of aryl methyl sites for hydroxylation is 1. The Bertz CT molecular complexity index is 4420. The van der Waals surface area contributed by atoms with Crippen LogP contribution in [0.5, 0.6) is 28.7 Å². The summed E-state index contributed by atoms with van der Waals surface area (Å²) in [5.41, 5.74) is 8.07. The van der Waals surface area contributed by atoms with Gasteiger partial charge >= 0.3 is 6.09 Å². The van der Waals surface area contributed by atoms with Gasteiger partial charge in [0.05, 0.1) is 76.7 Å². The Morgan fingerprint density at radius 2 is 1.34 bits per heavy atom. The predicted octanol–water partition coefficient (Wildman–Crippen LogP) is 11.1. The molecule has 6 aromatic carbocycles. The SMILES string of the molecule is COc1ccc(C2=CN3C(=O)c4cc(OC)c(OCCCCCOc5cc6c(cc5OC)C(=O)N5CC7(CC7)C[C@H]5C(O)N6C(=O)OCc5ccc(CC(=O)[C@H](C)NC(=O)[C@@H](CC(=O)CNC(=O)CCC(=O)CCC(=O)N6Cc7ccccc7C#Cc7ccccc76)C(C)C)cc5)cc4CC[C@@H]3C2)cc1. The number of para-hydroxylation sites is 1. The second-order valence-corrected chi connectivity index (χ2v) is 28.5. The Labute approximate surface area is 611 Å². The van der Waals surface area contributed by atoms with Gasteiger partial charge in [-0.2, -0.15) is 0 Å². The van der Waals surface area contributed by atoms with E-state index >= 15 is 0 Å². The van der Waals surface area contributed by atoms with Crippen LogP contribution >= 0.6 is 0 Å². The molecule has 5 atom stereocenters. The maximum absolute atomic E-state index is 14.5. The lowest BCUT2D eigenvalue weighted by Crippen LogP contribution is -2.50. The summed E-state index contributed by atoms with van der Waals surface area (Å²) in [5.74, 6) is 4.94. The third-order valence-electron chi connectivity index (χ3n) is 21.0. The lowest BCUT2D eigenvalue weighted by atomic mass is 9.89. The number of hydrogen-bond donors (Lipinski definition) is 3. The zero-order valence-corrected chi connectivity index (χ0v) is 60.3. The molecule has 5 heterocycles. The first-order valence-electron chi connectivity index (χ1n) is 36.2. The first-order chi connectivity index (χ1) is 50.7. The normalized spacial score (nSPS) is 17.8. The average molecular weight is 1430 g/mol. The van der Waals surface area contributed by atoms with E-state index in [4.69, 9.17) is 28.4 Å². The van der Waals surface area contributed by atoms with Gasteiger partial charge in [-0.1, -0.05) is 92.4 Å². The van der Waals surface area contributed by atoms with Crippen molar-refractivity contribution in [2.45, 2.75) is 155 Å². The van der Waals surface area contributed by atoms with Gasteiger partial charge in [0.25, 0.3) is 11.8 Å². The average Bonchev–Trinajstić information content (AvgIpc) is 1.57. The Morgan fingerprint density at radius 3 is 2.05 bits per heavy atom. The van der Waals surface area contributed by atoms with E-state index in [-0.39, 0.29) is 128 Å². The zero-order valence-electron chi connectivity index (χ0n) is 60.3. The molecule has 6 amide bonds. The summed E-state index contributed by atoms with van der Waals surface area (Å²) < 4.78 is 35.4. The van der Waals surface area contributed by atoms with Gasteiger partial charge in [0, 0.05) is 86.0 Å². The molecule has 1 spiro atoms. The second kappa shape index (κ2) is 32.9. The molecule has 6 aromatic rings. The highest BCUT2D eigenvalue weighted by Gasteiger charge is 2.58. The minimum Gasteiger partial charge on any atom is -0.497 e. The number of ketones is 3. The summed E-state index contributed by atoms with van der Waals surface area (Å²) in [5, 5.41) is 17.5. The number of unbranched alkanes of at least 4 members (excludes halogenated alkanes) is 2. The maximum Gasteiger partial charge on any atom is 0.416 e. The molecule has 1 aliphatic carbocycles. The maximum atomic E-state index is 14.5. The van der Waals surface area contributed by atoms with Crippen LogP contribution in [-0.4, -0.2) is 140 Å². The zero-order chi connectivity index (χ0) is 74.1. The van der Waals surface area contributed by atoms with Crippen molar-refractivity contribution in [1.29, 1.82) is 0 Å². The van der Waals surface area contributed by atoms with Gasteiger partial charge in [-0.25, -0.2) is 9.69 Å². The number of nitrogens with one attached hydrogen (secondary N) is 2. The van der Waals surface area contributed by atoms with Crippen molar-refractivity contribution in [3.05, 3.63) is 178 Å². The number of nitrogens with zero attached hydrogens (tertiary/aromatic N) is 4. The number of fused-ring (bicyclic) bond motifs is 6. The van der Waals surface area contributed by atoms with E-state index in [1.54, 1.807) is 87.3 Å². The van der Waals surface area contributed by atoms with Gasteiger partial charge in [-0.05, 0) is 158 Å². The van der Waals surface area contributed by atoms with Gasteiger partial charge in [-0.15, -0.1) is 0 Å². The van der Waals surface area contributed by atoms with Gasteiger partial charge in [0.15, 0.2) is 40.8 Å². The van der Waals surface area contributed by atoms with Crippen LogP contribution in [0.2, 0.25) is 0 Å². The topological polar surface area (TPSA) is 266 Å². The lowest BCUT2D eigenvalue weighted by molar-refractivity contribution is -0.133. The quantitative estimate of drug-likeness (QED) is 0.0279. The molecule has 22 nitrogen and oxygen atoms in total. The Hall–Kier alpha value is -10.8. The predicted molar refractivity (Wildman–Crippen MR) is 392 cm³/mol. The van der Waals surface area contributed by atoms with Crippen LogP contribution in [-0.2, 0) is 59.5 Å². The molecule has 12 rings (SSSR count). The summed E-state index contributed by atoms with van der Waals surface area (Å²) in [6, 6.07) is 34.9.